The summed E-state index contributed by atoms with van der Waals surface area (Å²) < 4.78 is 5.23. The third kappa shape index (κ3) is 3.31. The molecule has 0 atom stereocenters. The van der Waals surface area contributed by atoms with Gasteiger partial charge in [0.2, 0.25) is 0 Å². The van der Waals surface area contributed by atoms with E-state index in [-0.39, 0.29) is 0 Å². The van der Waals surface area contributed by atoms with Crippen LogP contribution in [0.4, 0.5) is 5.69 Å². The summed E-state index contributed by atoms with van der Waals surface area (Å²) in [5.74, 6) is 0.747. The van der Waals surface area contributed by atoms with Crippen LogP contribution >= 0.6 is 11.6 Å². The molecule has 0 radical (unpaired) electrons. The fourth-order valence-electron chi connectivity index (χ4n) is 1.76. The molecule has 1 aromatic rings. The minimum Gasteiger partial charge on any atom is -0.495 e. The second-order valence-electron chi connectivity index (χ2n) is 3.81. The second-order valence-corrected chi connectivity index (χ2v) is 4.21. The third-order valence-corrected chi connectivity index (χ3v) is 2.80. The van der Waals surface area contributed by atoms with Gasteiger partial charge in [-0.1, -0.05) is 25.4 Å². The molecule has 90 valence electrons. The Balaban J connectivity index is 2.90. The molecule has 0 aromatic heterocycles. The quantitative estimate of drug-likeness (QED) is 0.747. The lowest BCUT2D eigenvalue weighted by Crippen LogP contribution is -2.24. The monoisotopic (exact) mass is 241 g/mol. The Morgan fingerprint density at radius 3 is 2.31 bits per heavy atom. The lowest BCUT2D eigenvalue weighted by molar-refractivity contribution is 0.415. The predicted molar refractivity (Wildman–Crippen MR) is 70.8 cm³/mol. The number of methoxy groups -OCH3 is 1. The van der Waals surface area contributed by atoms with Crippen LogP contribution < -0.4 is 9.64 Å². The molecule has 0 heterocycles. The van der Waals surface area contributed by atoms with Crippen molar-refractivity contribution in [2.24, 2.45) is 0 Å². The average molecular weight is 242 g/mol. The summed E-state index contributed by atoms with van der Waals surface area (Å²) in [6.45, 7) is 6.52. The van der Waals surface area contributed by atoms with Crippen LogP contribution in [0, 0.1) is 0 Å². The summed E-state index contributed by atoms with van der Waals surface area (Å²) in [5.41, 5.74) is 1.19. The summed E-state index contributed by atoms with van der Waals surface area (Å²) in [4.78, 5) is 2.36. The molecule has 0 aliphatic carbocycles. The number of hydrogen-bond acceptors (Lipinski definition) is 2. The molecule has 3 heteroatoms. The van der Waals surface area contributed by atoms with E-state index >= 15 is 0 Å². The van der Waals surface area contributed by atoms with Crippen molar-refractivity contribution < 1.29 is 4.74 Å². The standard InChI is InChI=1S/C13H20ClNO/c1-4-8-15(9-5-2)11-6-7-12(14)13(10-11)16-3/h6-7,10H,4-5,8-9H2,1-3H3. The van der Waals surface area contributed by atoms with Gasteiger partial charge in [0.1, 0.15) is 5.75 Å². The summed E-state index contributed by atoms with van der Waals surface area (Å²) in [6, 6.07) is 5.96. The molecular weight excluding hydrogens is 222 g/mol. The molecule has 0 aliphatic rings. The van der Waals surface area contributed by atoms with Gasteiger partial charge in [-0.05, 0) is 25.0 Å². The van der Waals surface area contributed by atoms with Gasteiger partial charge >= 0.3 is 0 Å². The lowest BCUT2D eigenvalue weighted by Gasteiger charge is -2.24. The van der Waals surface area contributed by atoms with Gasteiger partial charge in [0.25, 0.3) is 0 Å². The molecular formula is C13H20ClNO. The van der Waals surface area contributed by atoms with Gasteiger partial charge in [-0.25, -0.2) is 0 Å². The highest BCUT2D eigenvalue weighted by atomic mass is 35.5. The average Bonchev–Trinajstić information content (AvgIpc) is 2.29. The van der Waals surface area contributed by atoms with Crippen molar-refractivity contribution in [3.05, 3.63) is 23.2 Å². The molecule has 1 aromatic carbocycles. The number of ether oxygens (including phenoxy) is 1. The predicted octanol–water partition coefficient (Wildman–Crippen LogP) is 3.98. The van der Waals surface area contributed by atoms with Gasteiger partial charge in [-0.3, -0.25) is 0 Å². The van der Waals surface area contributed by atoms with Gasteiger partial charge in [0.15, 0.2) is 0 Å². The van der Waals surface area contributed by atoms with Gasteiger partial charge in [0, 0.05) is 24.8 Å². The van der Waals surface area contributed by atoms with Crippen molar-refractivity contribution in [3.8, 4) is 5.75 Å². The van der Waals surface area contributed by atoms with Crippen molar-refractivity contribution in [3.63, 3.8) is 0 Å². The molecule has 2 nitrogen and oxygen atoms in total. The zero-order chi connectivity index (χ0) is 12.0. The molecule has 0 bridgehead atoms. The normalized spacial score (nSPS) is 10.2. The Bertz CT molecular complexity index is 322. The van der Waals surface area contributed by atoms with Crippen molar-refractivity contribution in [1.29, 1.82) is 0 Å². The molecule has 0 aliphatic heterocycles. The maximum Gasteiger partial charge on any atom is 0.139 e. The maximum absolute atomic E-state index is 6.01. The van der Waals surface area contributed by atoms with Crippen LogP contribution in [0.5, 0.6) is 5.75 Å². The van der Waals surface area contributed by atoms with Crippen LogP contribution in [0.1, 0.15) is 26.7 Å². The number of anilines is 1. The lowest BCUT2D eigenvalue weighted by atomic mass is 10.2. The SMILES string of the molecule is CCCN(CCC)c1ccc(Cl)c(OC)c1. The zero-order valence-corrected chi connectivity index (χ0v) is 11.0. The van der Waals surface area contributed by atoms with Gasteiger partial charge in [-0.2, -0.15) is 0 Å². The van der Waals surface area contributed by atoms with Gasteiger partial charge < -0.3 is 9.64 Å². The zero-order valence-electron chi connectivity index (χ0n) is 10.3. The third-order valence-electron chi connectivity index (χ3n) is 2.49. The number of hydrogen-bond donors (Lipinski definition) is 0. The van der Waals surface area contributed by atoms with Crippen LogP contribution in [0.15, 0.2) is 18.2 Å². The van der Waals surface area contributed by atoms with E-state index in [1.165, 1.54) is 5.69 Å². The van der Waals surface area contributed by atoms with Crippen molar-refractivity contribution in [2.45, 2.75) is 26.7 Å². The molecule has 0 saturated carbocycles. The topological polar surface area (TPSA) is 12.5 Å². The number of rotatable bonds is 6. The van der Waals surface area contributed by atoms with E-state index < -0.39 is 0 Å². The summed E-state index contributed by atoms with van der Waals surface area (Å²) >= 11 is 6.01. The van der Waals surface area contributed by atoms with E-state index in [1.54, 1.807) is 7.11 Å². The molecule has 0 N–H and O–H groups in total. The summed E-state index contributed by atoms with van der Waals surface area (Å²) in [7, 11) is 1.65. The number of benzene rings is 1. The molecule has 0 unspecified atom stereocenters. The number of nitrogens with zero attached hydrogens (tertiary/aromatic N) is 1. The Hall–Kier alpha value is -0.890. The van der Waals surface area contributed by atoms with Gasteiger partial charge in [0.05, 0.1) is 12.1 Å². The van der Waals surface area contributed by atoms with Gasteiger partial charge in [-0.15, -0.1) is 0 Å². The molecule has 0 spiro atoms. The molecule has 0 saturated heterocycles. The minimum absolute atomic E-state index is 0.666. The maximum atomic E-state index is 6.01. The van der Waals surface area contributed by atoms with Crippen LogP contribution in [-0.4, -0.2) is 20.2 Å². The highest BCUT2D eigenvalue weighted by Gasteiger charge is 2.07. The first-order valence-electron chi connectivity index (χ1n) is 5.81. The first-order valence-corrected chi connectivity index (χ1v) is 6.19. The number of halogens is 1. The molecule has 1 rings (SSSR count). The second kappa shape index (κ2) is 6.64. The summed E-state index contributed by atoms with van der Waals surface area (Å²) in [5, 5.41) is 0.666. The van der Waals surface area contributed by atoms with E-state index in [0.717, 1.165) is 31.7 Å². The van der Waals surface area contributed by atoms with Crippen LogP contribution in [0.3, 0.4) is 0 Å². The largest absolute Gasteiger partial charge is 0.495 e. The van der Waals surface area contributed by atoms with E-state index in [9.17, 15) is 0 Å². The first-order chi connectivity index (χ1) is 7.72. The fraction of sp³-hybridized carbons (Fsp3) is 0.538. The van der Waals surface area contributed by atoms with Crippen molar-refractivity contribution in [1.82, 2.24) is 0 Å². The van der Waals surface area contributed by atoms with E-state index in [1.807, 2.05) is 12.1 Å². The summed E-state index contributed by atoms with van der Waals surface area (Å²) in [6.07, 6.45) is 2.29. The van der Waals surface area contributed by atoms with E-state index in [2.05, 4.69) is 24.8 Å². The molecule has 0 amide bonds. The Kier molecular flexibility index (Phi) is 5.47. The van der Waals surface area contributed by atoms with Crippen LogP contribution in [0.2, 0.25) is 5.02 Å². The van der Waals surface area contributed by atoms with E-state index in [4.69, 9.17) is 16.3 Å². The highest BCUT2D eigenvalue weighted by Crippen LogP contribution is 2.29. The van der Waals surface area contributed by atoms with Crippen molar-refractivity contribution in [2.75, 3.05) is 25.1 Å². The Labute approximate surface area is 103 Å². The smallest absolute Gasteiger partial charge is 0.139 e. The van der Waals surface area contributed by atoms with Crippen LogP contribution in [-0.2, 0) is 0 Å². The molecule has 16 heavy (non-hydrogen) atoms. The van der Waals surface area contributed by atoms with Crippen LogP contribution in [0.25, 0.3) is 0 Å². The highest BCUT2D eigenvalue weighted by molar-refractivity contribution is 6.32. The minimum atomic E-state index is 0.666. The van der Waals surface area contributed by atoms with Crippen molar-refractivity contribution >= 4 is 17.3 Å². The first kappa shape index (κ1) is 13.2. The Morgan fingerprint density at radius 2 is 1.81 bits per heavy atom. The fourth-order valence-corrected chi connectivity index (χ4v) is 1.95. The van der Waals surface area contributed by atoms with E-state index in [0.29, 0.717) is 5.02 Å². The molecule has 0 fully saturated rings. The Morgan fingerprint density at radius 1 is 1.19 bits per heavy atom.